The molecule has 2 aromatic rings. The largest absolute Gasteiger partial charge is 0.506 e. The third-order valence-corrected chi connectivity index (χ3v) is 3.69. The molecule has 2 rings (SSSR count). The Bertz CT molecular complexity index is 776. The highest BCUT2D eigenvalue weighted by Gasteiger charge is 2.12. The van der Waals surface area contributed by atoms with Gasteiger partial charge < -0.3 is 10.4 Å². The van der Waals surface area contributed by atoms with Crippen molar-refractivity contribution in [2.45, 2.75) is 6.92 Å². The molecule has 5 nitrogen and oxygen atoms in total. The van der Waals surface area contributed by atoms with Crippen LogP contribution in [0, 0.1) is 0 Å². The van der Waals surface area contributed by atoms with Gasteiger partial charge in [-0.25, -0.2) is 5.43 Å². The standard InChI is InChI=1S/C16H15Cl2N3O2/c1-9(12-7-10(17)8-13(18)15(12)22)20-21-16(23)11-5-3-4-6-14(11)19-2/h3-8,19,22H,1-2H3,(H,21,23)/b20-9+. The Morgan fingerprint density at radius 1 is 1.17 bits per heavy atom. The van der Waals surface area contributed by atoms with Crippen molar-refractivity contribution in [3.05, 3.63) is 57.6 Å². The second-order valence-electron chi connectivity index (χ2n) is 4.72. The van der Waals surface area contributed by atoms with Crippen molar-refractivity contribution in [2.75, 3.05) is 12.4 Å². The van der Waals surface area contributed by atoms with Gasteiger partial charge in [0.25, 0.3) is 5.91 Å². The molecule has 3 N–H and O–H groups in total. The van der Waals surface area contributed by atoms with Gasteiger partial charge >= 0.3 is 0 Å². The molecule has 0 saturated heterocycles. The van der Waals surface area contributed by atoms with Crippen molar-refractivity contribution < 1.29 is 9.90 Å². The highest BCUT2D eigenvalue weighted by atomic mass is 35.5. The first-order valence-corrected chi connectivity index (χ1v) is 7.49. The zero-order valence-electron chi connectivity index (χ0n) is 12.5. The van der Waals surface area contributed by atoms with Crippen LogP contribution in [0.1, 0.15) is 22.8 Å². The normalized spacial score (nSPS) is 11.2. The molecule has 0 aromatic heterocycles. The number of anilines is 1. The van der Waals surface area contributed by atoms with E-state index in [4.69, 9.17) is 23.2 Å². The maximum Gasteiger partial charge on any atom is 0.273 e. The number of phenols is 1. The molecule has 0 heterocycles. The molecule has 120 valence electrons. The van der Waals surface area contributed by atoms with Crippen LogP contribution in [-0.4, -0.2) is 23.8 Å². The Kier molecular flexibility index (Phi) is 5.47. The summed E-state index contributed by atoms with van der Waals surface area (Å²) in [5.74, 6) is -0.510. The van der Waals surface area contributed by atoms with Crippen molar-refractivity contribution in [1.29, 1.82) is 0 Å². The minimum Gasteiger partial charge on any atom is -0.506 e. The third kappa shape index (κ3) is 3.94. The molecule has 0 aliphatic rings. The maximum absolute atomic E-state index is 12.2. The van der Waals surface area contributed by atoms with Crippen molar-refractivity contribution in [3.63, 3.8) is 0 Å². The first-order chi connectivity index (χ1) is 10.9. The molecule has 0 aliphatic heterocycles. The summed E-state index contributed by atoms with van der Waals surface area (Å²) in [4.78, 5) is 12.2. The van der Waals surface area contributed by atoms with Crippen LogP contribution in [-0.2, 0) is 0 Å². The van der Waals surface area contributed by atoms with Gasteiger partial charge in [0.1, 0.15) is 5.75 Å². The number of hydrogen-bond donors (Lipinski definition) is 3. The zero-order valence-corrected chi connectivity index (χ0v) is 14.0. The quantitative estimate of drug-likeness (QED) is 0.577. The first-order valence-electron chi connectivity index (χ1n) is 6.73. The highest BCUT2D eigenvalue weighted by molar-refractivity contribution is 6.36. The van der Waals surface area contributed by atoms with Crippen molar-refractivity contribution in [3.8, 4) is 5.75 Å². The first kappa shape index (κ1) is 17.1. The van der Waals surface area contributed by atoms with Crippen molar-refractivity contribution in [2.24, 2.45) is 5.10 Å². The number of rotatable bonds is 4. The molecule has 0 spiro atoms. The van der Waals surface area contributed by atoms with Gasteiger partial charge in [-0.3, -0.25) is 4.79 Å². The zero-order chi connectivity index (χ0) is 17.0. The van der Waals surface area contributed by atoms with Crippen LogP contribution in [0.25, 0.3) is 0 Å². The molecule has 0 radical (unpaired) electrons. The van der Waals surface area contributed by atoms with E-state index in [1.165, 1.54) is 12.1 Å². The summed E-state index contributed by atoms with van der Waals surface area (Å²) in [5.41, 5.74) is 4.32. The number of phenolic OH excluding ortho intramolecular Hbond substituents is 1. The monoisotopic (exact) mass is 351 g/mol. The summed E-state index contributed by atoms with van der Waals surface area (Å²) in [6.07, 6.45) is 0. The molecule has 0 atom stereocenters. The summed E-state index contributed by atoms with van der Waals surface area (Å²) in [6.45, 7) is 1.63. The van der Waals surface area contributed by atoms with E-state index in [2.05, 4.69) is 15.8 Å². The van der Waals surface area contributed by atoms with E-state index in [-0.39, 0.29) is 16.7 Å². The van der Waals surface area contributed by atoms with E-state index >= 15 is 0 Å². The predicted octanol–water partition coefficient (Wildman–Crippen LogP) is 3.89. The summed E-state index contributed by atoms with van der Waals surface area (Å²) < 4.78 is 0. The van der Waals surface area contributed by atoms with Crippen molar-refractivity contribution in [1.82, 2.24) is 5.43 Å². The molecule has 0 fully saturated rings. The number of carbonyl (C=O) groups is 1. The number of nitrogens with one attached hydrogen (secondary N) is 2. The van der Waals surface area contributed by atoms with Crippen LogP contribution in [0.5, 0.6) is 5.75 Å². The molecule has 0 unspecified atom stereocenters. The lowest BCUT2D eigenvalue weighted by molar-refractivity contribution is 0.0955. The Morgan fingerprint density at radius 3 is 2.57 bits per heavy atom. The number of amides is 1. The Morgan fingerprint density at radius 2 is 1.87 bits per heavy atom. The minimum atomic E-state index is -0.373. The predicted molar refractivity (Wildman–Crippen MR) is 93.8 cm³/mol. The second-order valence-corrected chi connectivity index (χ2v) is 5.56. The lowest BCUT2D eigenvalue weighted by Crippen LogP contribution is -2.20. The molecule has 23 heavy (non-hydrogen) atoms. The number of halogens is 2. The number of aromatic hydroxyl groups is 1. The van der Waals surface area contributed by atoms with Gasteiger partial charge in [-0.15, -0.1) is 0 Å². The molecule has 0 saturated carbocycles. The Labute approximate surface area is 143 Å². The van der Waals surface area contributed by atoms with E-state index in [0.717, 1.165) is 0 Å². The van der Waals surface area contributed by atoms with Crippen LogP contribution >= 0.6 is 23.2 Å². The van der Waals surface area contributed by atoms with E-state index < -0.39 is 0 Å². The Balaban J connectivity index is 2.24. The average molecular weight is 352 g/mol. The third-order valence-electron chi connectivity index (χ3n) is 3.18. The van der Waals surface area contributed by atoms with E-state index in [1.807, 2.05) is 6.07 Å². The van der Waals surface area contributed by atoms with Gasteiger partial charge in [0.15, 0.2) is 0 Å². The van der Waals surface area contributed by atoms with Gasteiger partial charge in [-0.05, 0) is 31.2 Å². The summed E-state index contributed by atoms with van der Waals surface area (Å²) >= 11 is 11.8. The number of hydrogen-bond acceptors (Lipinski definition) is 4. The lowest BCUT2D eigenvalue weighted by Gasteiger charge is -2.09. The number of para-hydroxylation sites is 1. The van der Waals surface area contributed by atoms with Crippen molar-refractivity contribution >= 4 is 40.5 Å². The molecular weight excluding hydrogens is 337 g/mol. The number of hydrazone groups is 1. The number of nitrogens with zero attached hydrogens (tertiary/aromatic N) is 1. The fourth-order valence-electron chi connectivity index (χ4n) is 2.00. The second kappa shape index (κ2) is 7.35. The highest BCUT2D eigenvalue weighted by Crippen LogP contribution is 2.31. The summed E-state index contributed by atoms with van der Waals surface area (Å²) in [6, 6.07) is 10.00. The van der Waals surface area contributed by atoms with Gasteiger partial charge in [0.05, 0.1) is 16.3 Å². The van der Waals surface area contributed by atoms with Crippen LogP contribution < -0.4 is 10.7 Å². The smallest absolute Gasteiger partial charge is 0.273 e. The molecule has 0 bridgehead atoms. The number of benzene rings is 2. The van der Waals surface area contributed by atoms with Gasteiger partial charge in [0, 0.05) is 23.3 Å². The molecular formula is C16H15Cl2N3O2. The lowest BCUT2D eigenvalue weighted by atomic mass is 10.1. The SMILES string of the molecule is CNc1ccccc1C(=O)N/N=C(\C)c1cc(Cl)cc(Cl)c1O. The summed E-state index contributed by atoms with van der Waals surface area (Å²) in [7, 11) is 1.73. The van der Waals surface area contributed by atoms with Crippen LogP contribution in [0.15, 0.2) is 41.5 Å². The average Bonchev–Trinajstić information content (AvgIpc) is 2.55. The minimum absolute atomic E-state index is 0.119. The van der Waals surface area contributed by atoms with Gasteiger partial charge in [-0.2, -0.15) is 5.10 Å². The molecule has 7 heteroatoms. The van der Waals surface area contributed by atoms with Crippen LogP contribution in [0.4, 0.5) is 5.69 Å². The van der Waals surface area contributed by atoms with E-state index in [9.17, 15) is 9.90 Å². The summed E-state index contributed by atoms with van der Waals surface area (Å²) in [5, 5.41) is 17.4. The van der Waals surface area contributed by atoms with Gasteiger partial charge in [-0.1, -0.05) is 35.3 Å². The maximum atomic E-state index is 12.2. The molecule has 2 aromatic carbocycles. The van der Waals surface area contributed by atoms with E-state index in [0.29, 0.717) is 27.5 Å². The molecule has 0 aliphatic carbocycles. The number of carbonyl (C=O) groups excluding carboxylic acids is 1. The topological polar surface area (TPSA) is 73.7 Å². The van der Waals surface area contributed by atoms with E-state index in [1.54, 1.807) is 32.2 Å². The Hall–Kier alpha value is -2.24. The van der Waals surface area contributed by atoms with Crippen LogP contribution in [0.3, 0.4) is 0 Å². The fraction of sp³-hybridized carbons (Fsp3) is 0.125. The van der Waals surface area contributed by atoms with Gasteiger partial charge in [0.2, 0.25) is 0 Å². The fourth-order valence-corrected chi connectivity index (χ4v) is 2.49. The molecule has 1 amide bonds. The van der Waals surface area contributed by atoms with Crippen LogP contribution in [0.2, 0.25) is 10.0 Å².